The molecule has 7 nitrogen and oxygen atoms in total. The van der Waals surface area contributed by atoms with Crippen LogP contribution in [0.5, 0.6) is 0 Å². The molecule has 1 amide bonds. The number of benzene rings is 1. The molecule has 0 aliphatic heterocycles. The third kappa shape index (κ3) is 4.20. The summed E-state index contributed by atoms with van der Waals surface area (Å²) in [7, 11) is 0. The molecule has 2 N–H and O–H groups in total. The lowest BCUT2D eigenvalue weighted by molar-refractivity contribution is -0.149. The molecule has 0 bridgehead atoms. The number of hydrogen-bond donors (Lipinski definition) is 2. The number of thiophene rings is 1. The third-order valence-electron chi connectivity index (χ3n) is 5.18. The van der Waals surface area contributed by atoms with Gasteiger partial charge in [0.1, 0.15) is 23.0 Å². The second-order valence-corrected chi connectivity index (χ2v) is 8.38. The van der Waals surface area contributed by atoms with Crippen LogP contribution in [0.3, 0.4) is 0 Å². The van der Waals surface area contributed by atoms with Crippen LogP contribution in [0.25, 0.3) is 20.4 Å². The van der Waals surface area contributed by atoms with E-state index in [1.807, 2.05) is 19.2 Å². The van der Waals surface area contributed by atoms with E-state index >= 15 is 0 Å². The average Bonchev–Trinajstić information content (AvgIpc) is 3.14. The van der Waals surface area contributed by atoms with E-state index in [0.29, 0.717) is 12.4 Å². The molecular weight excluding hydrogens is 441 g/mol. The van der Waals surface area contributed by atoms with Gasteiger partial charge in [0, 0.05) is 17.5 Å². The van der Waals surface area contributed by atoms with Crippen molar-refractivity contribution in [2.24, 2.45) is 0 Å². The molecule has 32 heavy (non-hydrogen) atoms. The lowest BCUT2D eigenvalue weighted by atomic mass is 10.1. The molecule has 0 saturated heterocycles. The predicted molar refractivity (Wildman–Crippen MR) is 117 cm³/mol. The van der Waals surface area contributed by atoms with Crippen LogP contribution >= 0.6 is 11.3 Å². The highest BCUT2D eigenvalue weighted by Crippen LogP contribution is 2.36. The molecule has 0 radical (unpaired) electrons. The van der Waals surface area contributed by atoms with E-state index in [1.54, 1.807) is 12.1 Å². The highest BCUT2D eigenvalue weighted by atomic mass is 32.1. The van der Waals surface area contributed by atoms with Gasteiger partial charge in [0.15, 0.2) is 0 Å². The fourth-order valence-electron chi connectivity index (χ4n) is 3.13. The van der Waals surface area contributed by atoms with E-state index in [2.05, 4.69) is 25.5 Å². The largest absolute Gasteiger partial charge is 0.408 e. The first-order chi connectivity index (χ1) is 15.1. The molecule has 11 heteroatoms. The number of anilines is 1. The van der Waals surface area contributed by atoms with E-state index in [1.165, 1.54) is 29.8 Å². The van der Waals surface area contributed by atoms with Crippen molar-refractivity contribution in [2.75, 3.05) is 5.32 Å². The molecule has 0 aliphatic rings. The maximum atomic E-state index is 12.6. The van der Waals surface area contributed by atoms with Crippen LogP contribution in [-0.2, 0) is 6.54 Å². The van der Waals surface area contributed by atoms with Crippen molar-refractivity contribution < 1.29 is 18.0 Å². The number of carbonyl (C=O) groups excluding carboxylic acids is 1. The number of amides is 1. The smallest absolute Gasteiger partial charge is 0.365 e. The molecule has 0 saturated carbocycles. The molecule has 0 fully saturated rings. The molecule has 3 aromatic heterocycles. The highest BCUT2D eigenvalue weighted by Gasteiger charge is 2.37. The Hall–Kier alpha value is -3.34. The van der Waals surface area contributed by atoms with Crippen molar-refractivity contribution in [3.63, 3.8) is 0 Å². The SMILES string of the molecule is Cc1nnc2sc3c(NCc4ccc(C(=O)N[C@H](C)C(F)(F)F)cc4)ncnc3c2c1C. The molecular formula is C21H19F3N6OS. The number of rotatable bonds is 5. The zero-order valence-corrected chi connectivity index (χ0v) is 18.2. The van der Waals surface area contributed by atoms with E-state index in [4.69, 9.17) is 0 Å². The summed E-state index contributed by atoms with van der Waals surface area (Å²) in [6.45, 7) is 5.20. The molecule has 4 rings (SSSR count). The molecule has 166 valence electrons. The number of carbonyl (C=O) groups is 1. The molecule has 1 atom stereocenters. The Balaban J connectivity index is 1.50. The summed E-state index contributed by atoms with van der Waals surface area (Å²) in [6, 6.07) is 4.43. The first kappa shape index (κ1) is 21.9. The Morgan fingerprint density at radius 1 is 1.12 bits per heavy atom. The van der Waals surface area contributed by atoms with Gasteiger partial charge in [-0.3, -0.25) is 4.79 Å². The predicted octanol–water partition coefficient (Wildman–Crippen LogP) is 4.54. The number of aryl methyl sites for hydroxylation is 2. The minimum Gasteiger partial charge on any atom is -0.365 e. The number of aromatic nitrogens is 4. The van der Waals surface area contributed by atoms with Gasteiger partial charge in [-0.05, 0) is 44.0 Å². The molecule has 0 aliphatic carbocycles. The van der Waals surface area contributed by atoms with Gasteiger partial charge in [-0.1, -0.05) is 12.1 Å². The van der Waals surface area contributed by atoms with Crippen LogP contribution in [0.2, 0.25) is 0 Å². The summed E-state index contributed by atoms with van der Waals surface area (Å²) in [6.07, 6.45) is -3.00. The molecule has 0 spiro atoms. The van der Waals surface area contributed by atoms with Gasteiger partial charge in [0.2, 0.25) is 0 Å². The van der Waals surface area contributed by atoms with E-state index in [0.717, 1.165) is 44.2 Å². The summed E-state index contributed by atoms with van der Waals surface area (Å²) < 4.78 is 38.8. The van der Waals surface area contributed by atoms with Crippen molar-refractivity contribution in [3.8, 4) is 0 Å². The first-order valence-electron chi connectivity index (χ1n) is 9.72. The lowest BCUT2D eigenvalue weighted by Gasteiger charge is -2.17. The van der Waals surface area contributed by atoms with Gasteiger partial charge in [-0.2, -0.15) is 18.3 Å². The number of nitrogens with zero attached hydrogens (tertiary/aromatic N) is 4. The number of hydrogen-bond acceptors (Lipinski definition) is 7. The number of fused-ring (bicyclic) bond motifs is 3. The van der Waals surface area contributed by atoms with Crippen molar-refractivity contribution in [1.82, 2.24) is 25.5 Å². The minimum absolute atomic E-state index is 0.156. The molecule has 4 aromatic rings. The zero-order chi connectivity index (χ0) is 23.0. The van der Waals surface area contributed by atoms with Crippen LogP contribution < -0.4 is 10.6 Å². The maximum Gasteiger partial charge on any atom is 0.408 e. The van der Waals surface area contributed by atoms with E-state index in [-0.39, 0.29) is 5.56 Å². The summed E-state index contributed by atoms with van der Waals surface area (Å²) in [4.78, 5) is 21.6. The van der Waals surface area contributed by atoms with Crippen molar-refractivity contribution in [3.05, 3.63) is 53.0 Å². The molecule has 0 unspecified atom stereocenters. The topological polar surface area (TPSA) is 92.7 Å². The van der Waals surface area contributed by atoms with Gasteiger partial charge in [0.05, 0.1) is 15.9 Å². The van der Waals surface area contributed by atoms with Crippen molar-refractivity contribution >= 4 is 43.5 Å². The van der Waals surface area contributed by atoms with Crippen molar-refractivity contribution in [2.45, 2.75) is 39.5 Å². The summed E-state index contributed by atoms with van der Waals surface area (Å²) in [5, 5.41) is 14.6. The Labute approximate surface area is 185 Å². The Bertz CT molecular complexity index is 1300. The second-order valence-electron chi connectivity index (χ2n) is 7.38. The van der Waals surface area contributed by atoms with Crippen LogP contribution in [0.1, 0.15) is 34.1 Å². The molecule has 3 heterocycles. The fourth-order valence-corrected chi connectivity index (χ4v) is 4.23. The van der Waals surface area contributed by atoms with Crippen LogP contribution in [0.4, 0.5) is 19.0 Å². The van der Waals surface area contributed by atoms with Gasteiger partial charge >= 0.3 is 6.18 Å². The number of halogens is 3. The third-order valence-corrected chi connectivity index (χ3v) is 6.25. The van der Waals surface area contributed by atoms with Crippen LogP contribution in [0.15, 0.2) is 30.6 Å². The van der Waals surface area contributed by atoms with Gasteiger partial charge in [0.25, 0.3) is 5.91 Å². The second kappa shape index (κ2) is 8.30. The van der Waals surface area contributed by atoms with E-state index in [9.17, 15) is 18.0 Å². The average molecular weight is 460 g/mol. The van der Waals surface area contributed by atoms with Crippen molar-refractivity contribution in [1.29, 1.82) is 0 Å². The van der Waals surface area contributed by atoms with Crippen LogP contribution in [0, 0.1) is 13.8 Å². The summed E-state index contributed by atoms with van der Waals surface area (Å²) >= 11 is 1.45. The standard InChI is InChI=1S/C21H19F3N6OS/c1-10-11(2)29-30-20-15(10)16-17(32-20)18(27-9-26-16)25-8-13-4-6-14(7-5-13)19(31)28-12(3)21(22,23)24/h4-7,9,12H,8H2,1-3H3,(H,28,31)(H,25,26,27)/t12-/m1/s1. The monoisotopic (exact) mass is 460 g/mol. The number of alkyl halides is 3. The minimum atomic E-state index is -4.49. The summed E-state index contributed by atoms with van der Waals surface area (Å²) in [5.41, 5.74) is 3.68. The Morgan fingerprint density at radius 3 is 2.53 bits per heavy atom. The van der Waals surface area contributed by atoms with Gasteiger partial charge in [-0.15, -0.1) is 16.4 Å². The maximum absolute atomic E-state index is 12.6. The summed E-state index contributed by atoms with van der Waals surface area (Å²) in [5.74, 6) is -0.125. The Morgan fingerprint density at radius 2 is 1.84 bits per heavy atom. The van der Waals surface area contributed by atoms with Gasteiger partial charge < -0.3 is 10.6 Å². The lowest BCUT2D eigenvalue weighted by Crippen LogP contribution is -2.43. The fraction of sp³-hybridized carbons (Fsp3) is 0.286. The normalized spacial score (nSPS) is 12.8. The van der Waals surface area contributed by atoms with Gasteiger partial charge in [-0.25, -0.2) is 9.97 Å². The highest BCUT2D eigenvalue weighted by molar-refractivity contribution is 7.25. The molecule has 1 aromatic carbocycles. The zero-order valence-electron chi connectivity index (χ0n) is 17.4. The first-order valence-corrected chi connectivity index (χ1v) is 10.5. The van der Waals surface area contributed by atoms with Crippen LogP contribution in [-0.4, -0.2) is 38.3 Å². The number of nitrogens with one attached hydrogen (secondary N) is 2. The Kier molecular flexibility index (Phi) is 5.68. The van der Waals surface area contributed by atoms with E-state index < -0.39 is 18.1 Å². The quantitative estimate of drug-likeness (QED) is 0.454.